The lowest BCUT2D eigenvalue weighted by Gasteiger charge is -2.32. The number of allylic oxidation sites excluding steroid dienone is 3. The lowest BCUT2D eigenvalue weighted by molar-refractivity contribution is 0.231. The molecule has 1 saturated heterocycles. The van der Waals surface area contributed by atoms with Gasteiger partial charge in [0.25, 0.3) is 0 Å². The molecule has 3 fully saturated rings. The van der Waals surface area contributed by atoms with E-state index in [-0.39, 0.29) is 14.9 Å². The molecule has 0 bridgehead atoms. The molecule has 0 amide bonds. The quantitative estimate of drug-likeness (QED) is 0.284. The van der Waals surface area contributed by atoms with Crippen LogP contribution < -0.4 is 16.8 Å². The standard InChI is InChI=1S/C25H40N2.C7H9O.C2H7N.C2H6.2CH4/c1-18-4-5-23(15-18)21-10-6-19(7-11-21)20-8-12-22(13-9-20)24(17-26)16-25-3-2-14-27-25;1-2-8-7-5-3-4-6-7;1-2-3;1-2;;/h8-9,12-13,18-19,21,23-25,27H,2-7,10-11,14-17,26H2,1H3;3-6H,2H2,1H3;2-3H2,1H3;1-2H3;2*1H4/t18-,19?,21?,23+,24?,25+;;;;;/m0...../s1. The lowest BCUT2D eigenvalue weighted by Crippen LogP contribution is -2.26. The number of hydrogen-bond acceptors (Lipinski definition) is 4. The van der Waals surface area contributed by atoms with Crippen molar-refractivity contribution in [1.82, 2.24) is 5.32 Å². The van der Waals surface area contributed by atoms with Gasteiger partial charge in [-0.2, -0.15) is 0 Å². The molecule has 42 heavy (non-hydrogen) atoms. The van der Waals surface area contributed by atoms with E-state index >= 15 is 0 Å². The Morgan fingerprint density at radius 1 is 0.881 bits per heavy atom. The molecule has 2 saturated carbocycles. The van der Waals surface area contributed by atoms with Crippen LogP contribution in [0.3, 0.4) is 0 Å². The first-order valence-electron chi connectivity index (χ1n) is 16.7. The lowest BCUT2D eigenvalue weighted by atomic mass is 9.73. The number of benzene rings is 1. The third kappa shape index (κ3) is 13.8. The number of nitrogens with two attached hydrogens (primary N) is 2. The summed E-state index contributed by atoms with van der Waals surface area (Å²) >= 11 is 0. The van der Waals surface area contributed by atoms with Gasteiger partial charge in [-0.3, -0.25) is 0 Å². The van der Waals surface area contributed by atoms with Crippen LogP contribution in [0.1, 0.15) is 137 Å². The fraction of sp³-hybridized carbons (Fsp3) is 0.711. The zero-order valence-corrected chi connectivity index (χ0v) is 26.5. The van der Waals surface area contributed by atoms with E-state index in [0.717, 1.165) is 49.1 Å². The summed E-state index contributed by atoms with van der Waals surface area (Å²) in [6.45, 7) is 13.8. The van der Waals surface area contributed by atoms with Crippen molar-refractivity contribution < 1.29 is 4.74 Å². The first-order chi connectivity index (χ1) is 19.6. The van der Waals surface area contributed by atoms with Gasteiger partial charge in [-0.15, -0.1) is 0 Å². The molecule has 1 heterocycles. The van der Waals surface area contributed by atoms with E-state index in [2.05, 4.69) is 36.5 Å². The molecule has 0 spiro atoms. The maximum atomic E-state index is 6.12. The van der Waals surface area contributed by atoms with E-state index in [1.807, 2.05) is 52.3 Å². The summed E-state index contributed by atoms with van der Waals surface area (Å²) in [5.74, 6) is 5.31. The highest BCUT2D eigenvalue weighted by Gasteiger charge is 2.32. The largest absolute Gasteiger partial charge is 0.498 e. The van der Waals surface area contributed by atoms with Crippen LogP contribution in [-0.2, 0) is 4.74 Å². The molecule has 4 nitrogen and oxygen atoms in total. The summed E-state index contributed by atoms with van der Waals surface area (Å²) in [6.07, 6.45) is 21.9. The average Bonchev–Trinajstić information content (AvgIpc) is 3.79. The van der Waals surface area contributed by atoms with Gasteiger partial charge >= 0.3 is 0 Å². The van der Waals surface area contributed by atoms with Crippen molar-refractivity contribution in [2.24, 2.45) is 29.2 Å². The topological polar surface area (TPSA) is 73.3 Å². The Morgan fingerprint density at radius 2 is 1.52 bits per heavy atom. The highest BCUT2D eigenvalue weighted by molar-refractivity contribution is 5.29. The predicted molar refractivity (Wildman–Crippen MR) is 188 cm³/mol. The molecule has 1 aliphatic heterocycles. The molecule has 1 unspecified atom stereocenters. The Labute approximate surface area is 262 Å². The van der Waals surface area contributed by atoms with Crippen molar-refractivity contribution in [3.8, 4) is 0 Å². The zero-order valence-electron chi connectivity index (χ0n) is 26.5. The smallest absolute Gasteiger partial charge is 0.104 e. The van der Waals surface area contributed by atoms with Crippen LogP contribution in [0.5, 0.6) is 0 Å². The van der Waals surface area contributed by atoms with Crippen LogP contribution in [0.15, 0.2) is 48.3 Å². The highest BCUT2D eigenvalue weighted by atomic mass is 16.5. The fourth-order valence-corrected chi connectivity index (χ4v) is 6.93. The molecule has 1 radical (unpaired) electrons. The average molecular weight is 585 g/mol. The second-order valence-electron chi connectivity index (χ2n) is 11.9. The Balaban J connectivity index is 0.000000948. The summed E-state index contributed by atoms with van der Waals surface area (Å²) in [6, 6.07) is 10.3. The van der Waals surface area contributed by atoms with Gasteiger partial charge in [0.2, 0.25) is 0 Å². The third-order valence-electron chi connectivity index (χ3n) is 9.01. The summed E-state index contributed by atoms with van der Waals surface area (Å²) in [4.78, 5) is 0. The predicted octanol–water partition coefficient (Wildman–Crippen LogP) is 9.53. The highest BCUT2D eigenvalue weighted by Crippen LogP contribution is 2.45. The molecule has 4 heteroatoms. The van der Waals surface area contributed by atoms with E-state index in [9.17, 15) is 0 Å². The van der Waals surface area contributed by atoms with Gasteiger partial charge in [-0.25, -0.2) is 0 Å². The van der Waals surface area contributed by atoms with Crippen LogP contribution in [0.4, 0.5) is 0 Å². The molecular weight excluding hydrogens is 514 g/mol. The van der Waals surface area contributed by atoms with Crippen molar-refractivity contribution in [1.29, 1.82) is 0 Å². The Bertz CT molecular complexity index is 819. The fourth-order valence-electron chi connectivity index (χ4n) is 6.93. The second-order valence-corrected chi connectivity index (χ2v) is 11.9. The van der Waals surface area contributed by atoms with Crippen molar-refractivity contribution in [3.05, 3.63) is 65.8 Å². The molecule has 243 valence electrons. The van der Waals surface area contributed by atoms with E-state index in [1.165, 1.54) is 76.3 Å². The van der Waals surface area contributed by atoms with Crippen molar-refractivity contribution >= 4 is 0 Å². The number of hydrogen-bond donors (Lipinski definition) is 3. The SMILES string of the molecule is C.C.CC.CCN.CCOC1=CC=C[CH]1.C[C@H]1CC[C@@H](C2CCC(c3ccc(C(CN)C[C@H]4CCCN4)cc3)CC2)C1. The van der Waals surface area contributed by atoms with E-state index in [4.69, 9.17) is 16.2 Å². The molecule has 4 aliphatic rings. The summed E-state index contributed by atoms with van der Waals surface area (Å²) in [5, 5.41) is 3.63. The molecule has 5 N–H and O–H groups in total. The minimum absolute atomic E-state index is 0. The minimum atomic E-state index is 0. The third-order valence-corrected chi connectivity index (χ3v) is 9.01. The molecule has 5 rings (SSSR count). The normalized spacial score (nSPS) is 26.5. The van der Waals surface area contributed by atoms with Crippen LogP contribution in [-0.4, -0.2) is 32.3 Å². The van der Waals surface area contributed by atoms with Gasteiger partial charge in [0, 0.05) is 12.5 Å². The Morgan fingerprint density at radius 3 is 2.00 bits per heavy atom. The number of ether oxygens (including phenoxy) is 1. The summed E-state index contributed by atoms with van der Waals surface area (Å²) in [7, 11) is 0. The molecule has 1 aromatic rings. The summed E-state index contributed by atoms with van der Waals surface area (Å²) < 4.78 is 5.15. The first-order valence-corrected chi connectivity index (χ1v) is 16.7. The minimum Gasteiger partial charge on any atom is -0.498 e. The number of nitrogens with one attached hydrogen (secondary N) is 1. The summed E-state index contributed by atoms with van der Waals surface area (Å²) in [5.41, 5.74) is 14.0. The van der Waals surface area contributed by atoms with E-state index in [1.54, 1.807) is 5.56 Å². The van der Waals surface area contributed by atoms with Crippen molar-refractivity contribution in [2.45, 2.75) is 132 Å². The molecule has 3 aliphatic carbocycles. The van der Waals surface area contributed by atoms with Gasteiger partial charge in [0.15, 0.2) is 0 Å². The Kier molecular flexibility index (Phi) is 22.9. The van der Waals surface area contributed by atoms with E-state index in [0.29, 0.717) is 12.0 Å². The van der Waals surface area contributed by atoms with Crippen LogP contribution >= 0.6 is 0 Å². The maximum Gasteiger partial charge on any atom is 0.104 e. The molecule has 1 aromatic carbocycles. The van der Waals surface area contributed by atoms with Gasteiger partial charge in [-0.05, 0) is 131 Å². The van der Waals surface area contributed by atoms with Gasteiger partial charge in [-0.1, -0.05) is 85.4 Å². The van der Waals surface area contributed by atoms with Crippen molar-refractivity contribution in [2.75, 3.05) is 26.2 Å². The van der Waals surface area contributed by atoms with Crippen LogP contribution in [0.25, 0.3) is 0 Å². The molecular formula is C38H70N3O. The second kappa shape index (κ2) is 23.8. The monoisotopic (exact) mass is 585 g/mol. The van der Waals surface area contributed by atoms with E-state index < -0.39 is 0 Å². The van der Waals surface area contributed by atoms with Crippen LogP contribution in [0.2, 0.25) is 0 Å². The van der Waals surface area contributed by atoms with Crippen LogP contribution in [0, 0.1) is 24.2 Å². The number of rotatable bonds is 8. The molecule has 0 aromatic heterocycles. The maximum absolute atomic E-state index is 6.12. The van der Waals surface area contributed by atoms with Crippen molar-refractivity contribution in [3.63, 3.8) is 0 Å². The van der Waals surface area contributed by atoms with Gasteiger partial charge in [0.05, 0.1) is 6.61 Å². The Hall–Kier alpha value is -1.62. The molecule has 4 atom stereocenters. The zero-order chi connectivity index (χ0) is 29.2. The van der Waals surface area contributed by atoms with Gasteiger partial charge in [0.1, 0.15) is 5.76 Å². The first kappa shape index (κ1) is 40.4. The van der Waals surface area contributed by atoms with Gasteiger partial charge < -0.3 is 21.5 Å².